The Labute approximate surface area is 114 Å². The van der Waals surface area contributed by atoms with Gasteiger partial charge in [0, 0.05) is 17.3 Å². The van der Waals surface area contributed by atoms with Crippen molar-refractivity contribution in [2.24, 2.45) is 0 Å². The average Bonchev–Trinajstić information content (AvgIpc) is 2.86. The maximum atomic E-state index is 10.8. The molecule has 0 aliphatic rings. The fraction of sp³-hybridized carbons (Fsp3) is 0.154. The van der Waals surface area contributed by atoms with E-state index in [1.165, 1.54) is 12.1 Å². The number of carboxylic acid groups (broad SMARTS) is 1. The van der Waals surface area contributed by atoms with Crippen molar-refractivity contribution in [1.29, 1.82) is 0 Å². The quantitative estimate of drug-likeness (QED) is 0.642. The maximum Gasteiger partial charge on any atom is 0.371 e. The molecule has 0 fully saturated rings. The third-order valence-electron chi connectivity index (χ3n) is 2.83. The molecule has 0 saturated heterocycles. The molecule has 0 bridgehead atoms. The van der Waals surface area contributed by atoms with Gasteiger partial charge in [-0.15, -0.1) is 0 Å². The first-order valence-corrected chi connectivity index (χ1v) is 5.79. The fourth-order valence-corrected chi connectivity index (χ4v) is 1.78. The summed E-state index contributed by atoms with van der Waals surface area (Å²) in [5.41, 5.74) is 1.15. The number of nitro benzene ring substituents is 1. The number of furan rings is 1. The Hall–Kier alpha value is -2.83. The molecule has 0 saturated carbocycles. The van der Waals surface area contributed by atoms with Crippen LogP contribution in [0.3, 0.4) is 0 Å². The molecule has 104 valence electrons. The second kappa shape index (κ2) is 5.43. The van der Waals surface area contributed by atoms with E-state index < -0.39 is 10.9 Å². The number of hydrogen-bond donors (Lipinski definition) is 2. The molecule has 1 aromatic carbocycles. The molecule has 0 radical (unpaired) electrons. The molecule has 1 aromatic heterocycles. The molecule has 7 nitrogen and oxygen atoms in total. The van der Waals surface area contributed by atoms with Gasteiger partial charge in [0.05, 0.1) is 11.5 Å². The minimum atomic E-state index is -1.14. The van der Waals surface area contributed by atoms with Gasteiger partial charge >= 0.3 is 5.97 Å². The summed E-state index contributed by atoms with van der Waals surface area (Å²) in [7, 11) is 0. The van der Waals surface area contributed by atoms with Crippen LogP contribution in [-0.4, -0.2) is 16.0 Å². The third kappa shape index (κ3) is 2.77. The van der Waals surface area contributed by atoms with Crippen molar-refractivity contribution < 1.29 is 19.2 Å². The molecule has 1 heterocycles. The van der Waals surface area contributed by atoms with E-state index in [2.05, 4.69) is 5.32 Å². The monoisotopic (exact) mass is 276 g/mol. The van der Waals surface area contributed by atoms with Crippen molar-refractivity contribution in [3.8, 4) is 0 Å². The van der Waals surface area contributed by atoms with Gasteiger partial charge < -0.3 is 14.8 Å². The number of rotatable bonds is 5. The molecular weight excluding hydrogens is 264 g/mol. The summed E-state index contributed by atoms with van der Waals surface area (Å²) in [6, 6.07) is 7.63. The van der Waals surface area contributed by atoms with E-state index in [-0.39, 0.29) is 18.0 Å². The van der Waals surface area contributed by atoms with Crippen molar-refractivity contribution >= 4 is 17.3 Å². The number of hydrogen-bond acceptors (Lipinski definition) is 5. The molecule has 2 N–H and O–H groups in total. The largest absolute Gasteiger partial charge is 0.475 e. The summed E-state index contributed by atoms with van der Waals surface area (Å²) in [6.45, 7) is 1.89. The van der Waals surface area contributed by atoms with E-state index in [1.54, 1.807) is 25.1 Å². The van der Waals surface area contributed by atoms with Gasteiger partial charge in [0.25, 0.3) is 5.69 Å². The summed E-state index contributed by atoms with van der Waals surface area (Å²) < 4.78 is 5.09. The Morgan fingerprint density at radius 3 is 2.75 bits per heavy atom. The van der Waals surface area contributed by atoms with Gasteiger partial charge in [0.2, 0.25) is 5.76 Å². The third-order valence-corrected chi connectivity index (χ3v) is 2.83. The van der Waals surface area contributed by atoms with E-state index in [4.69, 9.17) is 9.52 Å². The van der Waals surface area contributed by atoms with Crippen molar-refractivity contribution in [2.75, 3.05) is 5.32 Å². The Morgan fingerprint density at radius 2 is 2.15 bits per heavy atom. The van der Waals surface area contributed by atoms with Gasteiger partial charge in [-0.25, -0.2) is 4.79 Å². The van der Waals surface area contributed by atoms with Gasteiger partial charge in [-0.3, -0.25) is 10.1 Å². The lowest BCUT2D eigenvalue weighted by atomic mass is 10.1. The van der Waals surface area contributed by atoms with Crippen LogP contribution in [0, 0.1) is 17.0 Å². The van der Waals surface area contributed by atoms with Crippen molar-refractivity contribution in [1.82, 2.24) is 0 Å². The molecule has 2 rings (SSSR count). The van der Waals surface area contributed by atoms with Crippen LogP contribution >= 0.6 is 0 Å². The minimum absolute atomic E-state index is 0.0284. The van der Waals surface area contributed by atoms with Gasteiger partial charge in [0.15, 0.2) is 0 Å². The summed E-state index contributed by atoms with van der Waals surface area (Å²) in [5.74, 6) is -0.839. The highest BCUT2D eigenvalue weighted by Crippen LogP contribution is 2.25. The molecule has 0 spiro atoms. The summed E-state index contributed by atoms with van der Waals surface area (Å²) in [4.78, 5) is 21.0. The number of nitrogens with zero attached hydrogens (tertiary/aromatic N) is 1. The van der Waals surface area contributed by atoms with Crippen molar-refractivity contribution in [2.45, 2.75) is 13.5 Å². The predicted molar refractivity (Wildman–Crippen MR) is 70.8 cm³/mol. The molecule has 0 atom stereocenters. The number of nitrogens with one attached hydrogen (secondary N) is 1. The first-order valence-electron chi connectivity index (χ1n) is 5.79. The summed E-state index contributed by atoms with van der Waals surface area (Å²) in [5, 5.41) is 22.5. The SMILES string of the molecule is Cc1c(NCc2ccc(C(=O)O)o2)cccc1[N+](=O)[O-]. The van der Waals surface area contributed by atoms with E-state index in [9.17, 15) is 14.9 Å². The Morgan fingerprint density at radius 1 is 1.40 bits per heavy atom. The smallest absolute Gasteiger partial charge is 0.371 e. The highest BCUT2D eigenvalue weighted by Gasteiger charge is 2.14. The highest BCUT2D eigenvalue weighted by molar-refractivity contribution is 5.84. The van der Waals surface area contributed by atoms with Crippen LogP contribution in [0.2, 0.25) is 0 Å². The minimum Gasteiger partial charge on any atom is -0.475 e. The van der Waals surface area contributed by atoms with Crippen LogP contribution in [-0.2, 0) is 6.54 Å². The van der Waals surface area contributed by atoms with Gasteiger partial charge in [-0.1, -0.05) is 6.07 Å². The summed E-state index contributed by atoms with van der Waals surface area (Å²) in [6.07, 6.45) is 0. The highest BCUT2D eigenvalue weighted by atomic mass is 16.6. The van der Waals surface area contributed by atoms with E-state index in [1.807, 2.05) is 0 Å². The first-order chi connectivity index (χ1) is 9.49. The number of aromatic carboxylic acids is 1. The molecule has 0 aliphatic carbocycles. The molecular formula is C13H12N2O5. The number of benzene rings is 1. The first kappa shape index (κ1) is 13.6. The lowest BCUT2D eigenvalue weighted by Gasteiger charge is -2.08. The topological polar surface area (TPSA) is 106 Å². The number of anilines is 1. The Balaban J connectivity index is 2.12. The normalized spacial score (nSPS) is 10.2. The number of carbonyl (C=O) groups is 1. The van der Waals surface area contributed by atoms with Gasteiger partial charge in [-0.2, -0.15) is 0 Å². The predicted octanol–water partition coefficient (Wildman–Crippen LogP) is 2.81. The molecule has 7 heteroatoms. The van der Waals surface area contributed by atoms with Gasteiger partial charge in [0.1, 0.15) is 5.76 Å². The van der Waals surface area contributed by atoms with Crippen molar-refractivity contribution in [3.05, 3.63) is 57.5 Å². The Bertz CT molecular complexity index is 663. The zero-order chi connectivity index (χ0) is 14.7. The Kier molecular flexibility index (Phi) is 3.69. The van der Waals surface area contributed by atoms with Crippen LogP contribution in [0.4, 0.5) is 11.4 Å². The van der Waals surface area contributed by atoms with E-state index in [0.717, 1.165) is 0 Å². The van der Waals surface area contributed by atoms with E-state index in [0.29, 0.717) is 17.0 Å². The van der Waals surface area contributed by atoms with Crippen molar-refractivity contribution in [3.63, 3.8) is 0 Å². The molecule has 0 aliphatic heterocycles. The average molecular weight is 276 g/mol. The van der Waals surface area contributed by atoms with Crippen LogP contribution in [0.25, 0.3) is 0 Å². The lowest BCUT2D eigenvalue weighted by Crippen LogP contribution is -2.02. The van der Waals surface area contributed by atoms with Crippen LogP contribution in [0.1, 0.15) is 21.9 Å². The van der Waals surface area contributed by atoms with Crippen LogP contribution in [0.5, 0.6) is 0 Å². The van der Waals surface area contributed by atoms with Gasteiger partial charge in [-0.05, 0) is 25.1 Å². The molecule has 0 amide bonds. The molecule has 0 unspecified atom stereocenters. The fourth-order valence-electron chi connectivity index (χ4n) is 1.78. The lowest BCUT2D eigenvalue weighted by molar-refractivity contribution is -0.385. The number of nitro groups is 1. The number of carboxylic acids is 1. The second-order valence-electron chi connectivity index (χ2n) is 4.13. The van der Waals surface area contributed by atoms with Crippen LogP contribution < -0.4 is 5.32 Å². The molecule has 20 heavy (non-hydrogen) atoms. The van der Waals surface area contributed by atoms with Crippen LogP contribution in [0.15, 0.2) is 34.7 Å². The summed E-state index contributed by atoms with van der Waals surface area (Å²) >= 11 is 0. The maximum absolute atomic E-state index is 10.8. The standard InChI is InChI=1S/C13H12N2O5/c1-8-10(3-2-4-11(8)15(18)19)14-7-9-5-6-12(20-9)13(16)17/h2-6,14H,7H2,1H3,(H,16,17). The molecule has 2 aromatic rings. The second-order valence-corrected chi connectivity index (χ2v) is 4.13. The van der Waals surface area contributed by atoms with E-state index >= 15 is 0 Å². The zero-order valence-corrected chi connectivity index (χ0v) is 10.6. The zero-order valence-electron chi connectivity index (χ0n) is 10.6.